The number of methoxy groups -OCH3 is 1. The van der Waals surface area contributed by atoms with Crippen LogP contribution in [0.3, 0.4) is 0 Å². The van der Waals surface area contributed by atoms with Crippen molar-refractivity contribution >= 4 is 5.82 Å². The lowest BCUT2D eigenvalue weighted by Crippen LogP contribution is -2.35. The molecular weight excluding hydrogens is 226 g/mol. The highest BCUT2D eigenvalue weighted by atomic mass is 16.5. The standard InChI is InChI=1S/C14H21N3O/c1-3-12-11-8-15-7-10(11)9-17(12)14-13(18-2)5-4-6-16-14/h4-6,10-12,15H,3,7-9H2,1-2H3. The molecule has 0 bridgehead atoms. The number of nitrogens with zero attached hydrogens (tertiary/aromatic N) is 2. The van der Waals surface area contributed by atoms with Crippen LogP contribution < -0.4 is 15.0 Å². The van der Waals surface area contributed by atoms with Gasteiger partial charge in [-0.2, -0.15) is 0 Å². The van der Waals surface area contributed by atoms with Crippen molar-refractivity contribution in [2.24, 2.45) is 11.8 Å². The van der Waals surface area contributed by atoms with Gasteiger partial charge in [0.05, 0.1) is 7.11 Å². The summed E-state index contributed by atoms with van der Waals surface area (Å²) in [4.78, 5) is 6.99. The number of rotatable bonds is 3. The Kier molecular flexibility index (Phi) is 3.12. The van der Waals surface area contributed by atoms with Gasteiger partial charge in [-0.1, -0.05) is 6.92 Å². The van der Waals surface area contributed by atoms with E-state index < -0.39 is 0 Å². The Morgan fingerprint density at radius 3 is 3.17 bits per heavy atom. The Morgan fingerprint density at radius 2 is 2.39 bits per heavy atom. The number of ether oxygens (including phenoxy) is 1. The molecule has 3 atom stereocenters. The molecule has 0 saturated carbocycles. The summed E-state index contributed by atoms with van der Waals surface area (Å²) in [6, 6.07) is 4.53. The Morgan fingerprint density at radius 1 is 1.50 bits per heavy atom. The van der Waals surface area contributed by atoms with Gasteiger partial charge in [0.2, 0.25) is 0 Å². The van der Waals surface area contributed by atoms with Gasteiger partial charge in [-0.05, 0) is 30.4 Å². The van der Waals surface area contributed by atoms with Crippen LogP contribution in [-0.4, -0.2) is 37.8 Å². The molecule has 3 rings (SSSR count). The third kappa shape index (κ3) is 1.75. The second-order valence-corrected chi connectivity index (χ2v) is 5.24. The zero-order chi connectivity index (χ0) is 12.5. The van der Waals surface area contributed by atoms with Crippen molar-refractivity contribution in [3.8, 4) is 5.75 Å². The minimum atomic E-state index is 0.591. The predicted octanol–water partition coefficient (Wildman–Crippen LogP) is 1.52. The van der Waals surface area contributed by atoms with Gasteiger partial charge in [-0.25, -0.2) is 4.98 Å². The van der Waals surface area contributed by atoms with E-state index >= 15 is 0 Å². The van der Waals surface area contributed by atoms with E-state index in [4.69, 9.17) is 4.74 Å². The molecular formula is C14H21N3O. The van der Waals surface area contributed by atoms with Crippen molar-refractivity contribution < 1.29 is 4.74 Å². The summed E-state index contributed by atoms with van der Waals surface area (Å²) in [6.45, 7) is 5.67. The number of fused-ring (bicyclic) bond motifs is 1. The molecule has 2 aliphatic heterocycles. The third-order valence-corrected chi connectivity index (χ3v) is 4.38. The molecule has 2 saturated heterocycles. The Labute approximate surface area is 108 Å². The molecule has 2 fully saturated rings. The highest BCUT2D eigenvalue weighted by Crippen LogP contribution is 2.39. The molecule has 0 aliphatic carbocycles. The van der Waals surface area contributed by atoms with Crippen LogP contribution in [0.2, 0.25) is 0 Å². The quantitative estimate of drug-likeness (QED) is 0.879. The van der Waals surface area contributed by atoms with E-state index in [-0.39, 0.29) is 0 Å². The van der Waals surface area contributed by atoms with E-state index in [1.807, 2.05) is 18.3 Å². The maximum atomic E-state index is 5.45. The first-order valence-corrected chi connectivity index (χ1v) is 6.81. The molecule has 1 aromatic heterocycles. The van der Waals surface area contributed by atoms with E-state index in [9.17, 15) is 0 Å². The largest absolute Gasteiger partial charge is 0.493 e. The highest BCUT2D eigenvalue weighted by molar-refractivity contribution is 5.54. The van der Waals surface area contributed by atoms with Gasteiger partial charge in [0, 0.05) is 31.9 Å². The van der Waals surface area contributed by atoms with Gasteiger partial charge in [0.25, 0.3) is 0 Å². The molecule has 98 valence electrons. The molecule has 4 nitrogen and oxygen atoms in total. The summed E-state index contributed by atoms with van der Waals surface area (Å²) in [5, 5.41) is 3.51. The summed E-state index contributed by atoms with van der Waals surface area (Å²) in [5.41, 5.74) is 0. The van der Waals surface area contributed by atoms with Crippen LogP contribution in [0, 0.1) is 11.8 Å². The van der Waals surface area contributed by atoms with Crippen LogP contribution in [0.5, 0.6) is 5.75 Å². The molecule has 0 aromatic carbocycles. The normalized spacial score (nSPS) is 30.6. The maximum absolute atomic E-state index is 5.45. The van der Waals surface area contributed by atoms with E-state index in [1.165, 1.54) is 6.42 Å². The number of aromatic nitrogens is 1. The summed E-state index contributed by atoms with van der Waals surface area (Å²) >= 11 is 0. The molecule has 3 unspecified atom stereocenters. The number of hydrogen-bond donors (Lipinski definition) is 1. The molecule has 1 aromatic rings. The van der Waals surface area contributed by atoms with Crippen LogP contribution in [0.25, 0.3) is 0 Å². The predicted molar refractivity (Wildman–Crippen MR) is 72.1 cm³/mol. The monoisotopic (exact) mass is 247 g/mol. The second-order valence-electron chi connectivity index (χ2n) is 5.24. The maximum Gasteiger partial charge on any atom is 0.171 e. The third-order valence-electron chi connectivity index (χ3n) is 4.38. The fourth-order valence-electron chi connectivity index (χ4n) is 3.55. The van der Waals surface area contributed by atoms with E-state index in [0.717, 1.165) is 43.0 Å². The minimum absolute atomic E-state index is 0.591. The lowest BCUT2D eigenvalue weighted by molar-refractivity contribution is 0.407. The Balaban J connectivity index is 1.91. The van der Waals surface area contributed by atoms with Crippen LogP contribution >= 0.6 is 0 Å². The number of hydrogen-bond acceptors (Lipinski definition) is 4. The van der Waals surface area contributed by atoms with E-state index in [2.05, 4.69) is 22.1 Å². The lowest BCUT2D eigenvalue weighted by atomic mass is 9.93. The molecule has 0 radical (unpaired) electrons. The SMILES string of the molecule is CCC1C2CNCC2CN1c1ncccc1OC. The topological polar surface area (TPSA) is 37.4 Å². The van der Waals surface area contributed by atoms with Gasteiger partial charge in [0.15, 0.2) is 11.6 Å². The molecule has 0 spiro atoms. The highest BCUT2D eigenvalue weighted by Gasteiger charge is 2.44. The second kappa shape index (κ2) is 4.76. The van der Waals surface area contributed by atoms with E-state index in [1.54, 1.807) is 7.11 Å². The number of anilines is 1. The van der Waals surface area contributed by atoms with Crippen LogP contribution in [-0.2, 0) is 0 Å². The first-order chi connectivity index (χ1) is 8.85. The van der Waals surface area contributed by atoms with Crippen molar-refractivity contribution in [1.82, 2.24) is 10.3 Å². The summed E-state index contributed by atoms with van der Waals surface area (Å²) < 4.78 is 5.45. The van der Waals surface area contributed by atoms with Gasteiger partial charge >= 0.3 is 0 Å². The van der Waals surface area contributed by atoms with Crippen LogP contribution in [0.15, 0.2) is 18.3 Å². The molecule has 0 amide bonds. The van der Waals surface area contributed by atoms with Gasteiger partial charge in [-0.15, -0.1) is 0 Å². The van der Waals surface area contributed by atoms with Gasteiger partial charge < -0.3 is 15.0 Å². The van der Waals surface area contributed by atoms with Crippen molar-refractivity contribution in [2.75, 3.05) is 31.6 Å². The molecule has 4 heteroatoms. The van der Waals surface area contributed by atoms with Crippen molar-refractivity contribution in [1.29, 1.82) is 0 Å². The van der Waals surface area contributed by atoms with Gasteiger partial charge in [0.1, 0.15) is 0 Å². The Hall–Kier alpha value is -1.29. The van der Waals surface area contributed by atoms with Crippen molar-refractivity contribution in [3.63, 3.8) is 0 Å². The van der Waals surface area contributed by atoms with Crippen LogP contribution in [0.1, 0.15) is 13.3 Å². The summed E-state index contributed by atoms with van der Waals surface area (Å²) in [6.07, 6.45) is 3.03. The average Bonchev–Trinajstić information content (AvgIpc) is 2.98. The average molecular weight is 247 g/mol. The molecule has 2 aliphatic rings. The minimum Gasteiger partial charge on any atom is -0.493 e. The van der Waals surface area contributed by atoms with Gasteiger partial charge in [-0.3, -0.25) is 0 Å². The smallest absolute Gasteiger partial charge is 0.171 e. The molecule has 3 heterocycles. The fourth-order valence-corrected chi connectivity index (χ4v) is 3.55. The molecule has 1 N–H and O–H groups in total. The lowest BCUT2D eigenvalue weighted by Gasteiger charge is -2.28. The molecule has 18 heavy (non-hydrogen) atoms. The number of pyridine rings is 1. The zero-order valence-electron chi connectivity index (χ0n) is 11.1. The fraction of sp³-hybridized carbons (Fsp3) is 0.643. The first kappa shape index (κ1) is 11.8. The Bertz CT molecular complexity index is 423. The van der Waals surface area contributed by atoms with Crippen LogP contribution in [0.4, 0.5) is 5.82 Å². The zero-order valence-corrected chi connectivity index (χ0v) is 11.1. The summed E-state index contributed by atoms with van der Waals surface area (Å²) in [5.74, 6) is 3.44. The first-order valence-electron chi connectivity index (χ1n) is 6.81. The van der Waals surface area contributed by atoms with Crippen molar-refractivity contribution in [3.05, 3.63) is 18.3 Å². The number of nitrogens with one attached hydrogen (secondary N) is 1. The van der Waals surface area contributed by atoms with E-state index in [0.29, 0.717) is 6.04 Å². The summed E-state index contributed by atoms with van der Waals surface area (Å²) in [7, 11) is 1.72. The van der Waals surface area contributed by atoms with Crippen molar-refractivity contribution in [2.45, 2.75) is 19.4 Å².